The summed E-state index contributed by atoms with van der Waals surface area (Å²) < 4.78 is 18.3. The largest absolute Gasteiger partial charge is 0.339 e. The molecule has 0 spiro atoms. The van der Waals surface area contributed by atoms with Gasteiger partial charge in [-0.2, -0.15) is 4.98 Å². The molecule has 2 aliphatic heterocycles. The zero-order valence-electron chi connectivity index (χ0n) is 16.2. The van der Waals surface area contributed by atoms with Crippen molar-refractivity contribution in [2.45, 2.75) is 50.6 Å². The van der Waals surface area contributed by atoms with E-state index in [1.165, 1.54) is 17.7 Å². The number of halogens is 1. The predicted octanol–water partition coefficient (Wildman–Crippen LogP) is 4.73. The summed E-state index contributed by atoms with van der Waals surface area (Å²) in [7, 11) is 0. The standard InChI is InChI=1S/C23H22FN3O2/c1-14-25-22(26-29-14)16-2-4-17(5-3-16)23(28)27-20-10-11-21(27)13-18(12-20)15-6-8-19(24)9-7-15/h2-9,18,20-21H,10-13H2,1H3. The maximum Gasteiger partial charge on any atom is 0.254 e. The molecule has 148 valence electrons. The number of carbonyl (C=O) groups excluding carboxylic acids is 1. The SMILES string of the molecule is Cc1nc(-c2ccc(C(=O)N3C4CCC3CC(c3ccc(F)cc3)C4)cc2)no1. The molecule has 0 saturated carbocycles. The summed E-state index contributed by atoms with van der Waals surface area (Å²) in [5.74, 6) is 1.32. The number of nitrogens with zero attached hydrogens (tertiary/aromatic N) is 3. The topological polar surface area (TPSA) is 59.2 Å². The minimum Gasteiger partial charge on any atom is -0.339 e. The van der Waals surface area contributed by atoms with Gasteiger partial charge in [0.1, 0.15) is 5.82 Å². The molecule has 2 saturated heterocycles. The Morgan fingerprint density at radius 2 is 1.69 bits per heavy atom. The van der Waals surface area contributed by atoms with Crippen molar-refractivity contribution >= 4 is 5.91 Å². The number of aromatic nitrogens is 2. The summed E-state index contributed by atoms with van der Waals surface area (Å²) in [6.45, 7) is 1.75. The van der Waals surface area contributed by atoms with Gasteiger partial charge in [-0.05, 0) is 61.4 Å². The summed E-state index contributed by atoms with van der Waals surface area (Å²) in [6.07, 6.45) is 3.95. The number of fused-ring (bicyclic) bond motifs is 2. The fraction of sp³-hybridized carbons (Fsp3) is 0.348. The van der Waals surface area contributed by atoms with Gasteiger partial charge in [-0.15, -0.1) is 0 Å². The minimum absolute atomic E-state index is 0.0888. The second-order valence-corrected chi connectivity index (χ2v) is 8.03. The van der Waals surface area contributed by atoms with Crippen LogP contribution in [-0.4, -0.2) is 33.0 Å². The first-order valence-electron chi connectivity index (χ1n) is 10.1. The van der Waals surface area contributed by atoms with Crippen molar-refractivity contribution in [1.82, 2.24) is 15.0 Å². The highest BCUT2D eigenvalue weighted by Crippen LogP contribution is 2.43. The van der Waals surface area contributed by atoms with Crippen LogP contribution in [0.25, 0.3) is 11.4 Å². The summed E-state index contributed by atoms with van der Waals surface area (Å²) >= 11 is 0. The first-order chi connectivity index (χ1) is 14.1. The molecule has 6 heteroatoms. The molecule has 3 aromatic rings. The molecule has 29 heavy (non-hydrogen) atoms. The van der Waals surface area contributed by atoms with Crippen LogP contribution in [0.5, 0.6) is 0 Å². The number of benzene rings is 2. The molecule has 2 unspecified atom stereocenters. The Morgan fingerprint density at radius 1 is 1.03 bits per heavy atom. The van der Waals surface area contributed by atoms with E-state index < -0.39 is 0 Å². The van der Waals surface area contributed by atoms with Gasteiger partial charge in [0.2, 0.25) is 11.7 Å². The number of hydrogen-bond acceptors (Lipinski definition) is 4. The third-order valence-corrected chi connectivity index (χ3v) is 6.23. The van der Waals surface area contributed by atoms with Crippen LogP contribution in [0.15, 0.2) is 53.1 Å². The average Bonchev–Trinajstić information content (AvgIpc) is 3.28. The monoisotopic (exact) mass is 391 g/mol. The van der Waals surface area contributed by atoms with Crippen LogP contribution in [0.4, 0.5) is 4.39 Å². The first-order valence-corrected chi connectivity index (χ1v) is 10.1. The van der Waals surface area contributed by atoms with Gasteiger partial charge in [0.25, 0.3) is 5.91 Å². The molecule has 2 fully saturated rings. The summed E-state index contributed by atoms with van der Waals surface area (Å²) in [5, 5.41) is 3.92. The van der Waals surface area contributed by atoms with Crippen molar-refractivity contribution in [2.75, 3.05) is 0 Å². The zero-order chi connectivity index (χ0) is 20.0. The highest BCUT2D eigenvalue weighted by Gasteiger charge is 2.43. The van der Waals surface area contributed by atoms with Crippen LogP contribution in [-0.2, 0) is 0 Å². The Balaban J connectivity index is 1.32. The lowest BCUT2D eigenvalue weighted by Gasteiger charge is -2.39. The molecule has 0 radical (unpaired) electrons. The van der Waals surface area contributed by atoms with E-state index in [4.69, 9.17) is 4.52 Å². The molecule has 2 atom stereocenters. The Bertz CT molecular complexity index is 1020. The molecule has 1 amide bonds. The molecule has 3 heterocycles. The number of piperidine rings is 1. The highest BCUT2D eigenvalue weighted by atomic mass is 19.1. The van der Waals surface area contributed by atoms with Crippen LogP contribution in [0, 0.1) is 12.7 Å². The fourth-order valence-corrected chi connectivity index (χ4v) is 4.84. The molecular formula is C23H22FN3O2. The lowest BCUT2D eigenvalue weighted by atomic mass is 9.85. The average molecular weight is 391 g/mol. The quantitative estimate of drug-likeness (QED) is 0.647. The van der Waals surface area contributed by atoms with Gasteiger partial charge in [-0.3, -0.25) is 4.79 Å². The van der Waals surface area contributed by atoms with Crippen LogP contribution < -0.4 is 0 Å². The third-order valence-electron chi connectivity index (χ3n) is 6.23. The van der Waals surface area contributed by atoms with E-state index in [9.17, 15) is 9.18 Å². The van der Waals surface area contributed by atoms with Gasteiger partial charge in [0.15, 0.2) is 0 Å². The van der Waals surface area contributed by atoms with Crippen molar-refractivity contribution in [2.24, 2.45) is 0 Å². The van der Waals surface area contributed by atoms with Crippen LogP contribution in [0.3, 0.4) is 0 Å². The molecule has 0 N–H and O–H groups in total. The molecule has 5 nitrogen and oxygen atoms in total. The second-order valence-electron chi connectivity index (χ2n) is 8.03. The van der Waals surface area contributed by atoms with Gasteiger partial charge in [-0.1, -0.05) is 29.4 Å². The number of aryl methyl sites for hydroxylation is 1. The normalized spacial score (nSPS) is 23.4. The number of amides is 1. The predicted molar refractivity (Wildman–Crippen MR) is 106 cm³/mol. The van der Waals surface area contributed by atoms with Gasteiger partial charge >= 0.3 is 0 Å². The second kappa shape index (κ2) is 7.10. The van der Waals surface area contributed by atoms with E-state index in [-0.39, 0.29) is 23.8 Å². The van der Waals surface area contributed by atoms with E-state index in [1.54, 1.807) is 6.92 Å². The Kier molecular flexibility index (Phi) is 4.42. The lowest BCUT2D eigenvalue weighted by molar-refractivity contribution is 0.0571. The molecule has 2 aliphatic rings. The molecule has 1 aromatic heterocycles. The Morgan fingerprint density at radius 3 is 2.28 bits per heavy atom. The molecule has 2 aromatic carbocycles. The fourth-order valence-electron chi connectivity index (χ4n) is 4.84. The van der Waals surface area contributed by atoms with Crippen molar-refractivity contribution in [3.63, 3.8) is 0 Å². The van der Waals surface area contributed by atoms with E-state index in [1.807, 2.05) is 36.4 Å². The van der Waals surface area contributed by atoms with Gasteiger partial charge in [-0.25, -0.2) is 4.39 Å². The van der Waals surface area contributed by atoms with Gasteiger partial charge in [0, 0.05) is 30.1 Å². The van der Waals surface area contributed by atoms with Crippen molar-refractivity contribution in [3.05, 3.63) is 71.4 Å². The van der Waals surface area contributed by atoms with Crippen LogP contribution in [0.2, 0.25) is 0 Å². The maximum absolute atomic E-state index is 13.2. The summed E-state index contributed by atoms with van der Waals surface area (Å²) in [6, 6.07) is 14.7. The van der Waals surface area contributed by atoms with E-state index in [2.05, 4.69) is 15.0 Å². The Labute approximate surface area is 168 Å². The van der Waals surface area contributed by atoms with Crippen molar-refractivity contribution < 1.29 is 13.7 Å². The maximum atomic E-state index is 13.2. The molecular weight excluding hydrogens is 369 g/mol. The zero-order valence-corrected chi connectivity index (χ0v) is 16.2. The van der Waals surface area contributed by atoms with Gasteiger partial charge in [0.05, 0.1) is 0 Å². The van der Waals surface area contributed by atoms with Gasteiger partial charge < -0.3 is 9.42 Å². The van der Waals surface area contributed by atoms with Crippen molar-refractivity contribution in [3.8, 4) is 11.4 Å². The lowest BCUT2D eigenvalue weighted by Crippen LogP contribution is -2.46. The first kappa shape index (κ1) is 18.0. The highest BCUT2D eigenvalue weighted by molar-refractivity contribution is 5.95. The third kappa shape index (κ3) is 3.33. The van der Waals surface area contributed by atoms with E-state index >= 15 is 0 Å². The molecule has 5 rings (SSSR count). The van der Waals surface area contributed by atoms with E-state index in [0.717, 1.165) is 31.2 Å². The molecule has 2 bridgehead atoms. The van der Waals surface area contributed by atoms with Crippen LogP contribution >= 0.6 is 0 Å². The number of carbonyl (C=O) groups is 1. The Hall–Kier alpha value is -3.02. The van der Waals surface area contributed by atoms with E-state index in [0.29, 0.717) is 23.2 Å². The minimum atomic E-state index is -0.205. The summed E-state index contributed by atoms with van der Waals surface area (Å²) in [5.41, 5.74) is 2.69. The molecule has 0 aliphatic carbocycles. The van der Waals surface area contributed by atoms with Crippen LogP contribution in [0.1, 0.15) is 53.4 Å². The summed E-state index contributed by atoms with van der Waals surface area (Å²) in [4.78, 5) is 19.5. The van der Waals surface area contributed by atoms with Crippen molar-refractivity contribution in [1.29, 1.82) is 0 Å². The number of rotatable bonds is 3. The smallest absolute Gasteiger partial charge is 0.254 e. The number of hydrogen-bond donors (Lipinski definition) is 0.